The normalized spacial score (nSPS) is 13.4. The Morgan fingerprint density at radius 2 is 0.647 bits per heavy atom. The van der Waals surface area contributed by atoms with Gasteiger partial charge in [0.1, 0.15) is 0 Å². The van der Waals surface area contributed by atoms with Gasteiger partial charge in [0, 0.05) is 24.4 Å². The molecule has 17 heavy (non-hydrogen) atoms. The van der Waals surface area contributed by atoms with Gasteiger partial charge in [-0.2, -0.15) is 0 Å². The van der Waals surface area contributed by atoms with Crippen LogP contribution < -0.4 is 0 Å². The standard InChI is InChI=1S/C12H28BO4/c1-9(2)14-13(15-10(3)4,16-11(5)6)17-12(7)8/h9-12H,1-8H3/q-1. The van der Waals surface area contributed by atoms with Crippen LogP contribution in [0, 0.1) is 0 Å². The molecule has 0 N–H and O–H groups in total. The van der Waals surface area contributed by atoms with E-state index in [-0.39, 0.29) is 24.4 Å². The van der Waals surface area contributed by atoms with Crippen LogP contribution >= 0.6 is 0 Å². The second-order valence-corrected chi connectivity index (χ2v) is 5.32. The largest absolute Gasteiger partial charge is 0.531 e. The summed E-state index contributed by atoms with van der Waals surface area (Å²) in [5.74, 6) is 0. The smallest absolute Gasteiger partial charge is 0.516 e. The zero-order chi connectivity index (χ0) is 13.6. The van der Waals surface area contributed by atoms with E-state index >= 15 is 0 Å². The van der Waals surface area contributed by atoms with Crippen LogP contribution in [0.25, 0.3) is 0 Å². The Hall–Kier alpha value is -0.0951. The van der Waals surface area contributed by atoms with Gasteiger partial charge in [-0.25, -0.2) is 0 Å². The Balaban J connectivity index is 4.89. The molecule has 0 heterocycles. The van der Waals surface area contributed by atoms with Crippen molar-refractivity contribution in [3.05, 3.63) is 0 Å². The van der Waals surface area contributed by atoms with Gasteiger partial charge in [0.2, 0.25) is 0 Å². The monoisotopic (exact) mass is 247 g/mol. The predicted molar refractivity (Wildman–Crippen MR) is 70.6 cm³/mol. The predicted octanol–water partition coefficient (Wildman–Crippen LogP) is 3.12. The number of hydrogen-bond acceptors (Lipinski definition) is 4. The van der Waals surface area contributed by atoms with Gasteiger partial charge in [0.25, 0.3) is 0 Å². The van der Waals surface area contributed by atoms with Crippen molar-refractivity contribution < 1.29 is 18.6 Å². The summed E-state index contributed by atoms with van der Waals surface area (Å²) in [6.07, 6.45) is -0.0880. The highest BCUT2D eigenvalue weighted by Crippen LogP contribution is 2.20. The first-order valence-corrected chi connectivity index (χ1v) is 6.50. The van der Waals surface area contributed by atoms with Crippen molar-refractivity contribution in [2.45, 2.75) is 79.8 Å². The highest BCUT2D eigenvalue weighted by atomic mass is 16.9. The van der Waals surface area contributed by atoms with Crippen LogP contribution in [0.2, 0.25) is 0 Å². The van der Waals surface area contributed by atoms with Crippen molar-refractivity contribution in [3.63, 3.8) is 0 Å². The van der Waals surface area contributed by atoms with Crippen LogP contribution in [0.4, 0.5) is 0 Å². The zero-order valence-corrected chi connectivity index (χ0v) is 12.5. The summed E-state index contributed by atoms with van der Waals surface area (Å²) in [5, 5.41) is 0. The van der Waals surface area contributed by atoms with E-state index in [9.17, 15) is 0 Å². The van der Waals surface area contributed by atoms with E-state index < -0.39 is 6.96 Å². The van der Waals surface area contributed by atoms with Crippen molar-refractivity contribution >= 4 is 6.96 Å². The Morgan fingerprint density at radius 3 is 0.765 bits per heavy atom. The summed E-state index contributed by atoms with van der Waals surface area (Å²) < 4.78 is 23.1. The van der Waals surface area contributed by atoms with E-state index in [2.05, 4.69) is 0 Å². The summed E-state index contributed by atoms with van der Waals surface area (Å²) in [5.41, 5.74) is 0. The molecule has 0 aromatic carbocycles. The molecule has 0 aromatic heterocycles. The lowest BCUT2D eigenvalue weighted by Gasteiger charge is -2.46. The lowest BCUT2D eigenvalue weighted by Crippen LogP contribution is -2.54. The Morgan fingerprint density at radius 1 is 0.471 bits per heavy atom. The third-order valence-corrected chi connectivity index (χ3v) is 1.76. The van der Waals surface area contributed by atoms with Gasteiger partial charge >= 0.3 is 6.96 Å². The lowest BCUT2D eigenvalue weighted by molar-refractivity contribution is -0.0858. The summed E-state index contributed by atoms with van der Waals surface area (Å²) in [7, 11) is 0. The van der Waals surface area contributed by atoms with E-state index in [4.69, 9.17) is 18.6 Å². The second-order valence-electron chi connectivity index (χ2n) is 5.32. The molecule has 0 atom stereocenters. The SMILES string of the molecule is CC(C)O[B-](OC(C)C)(OC(C)C)OC(C)C. The van der Waals surface area contributed by atoms with Gasteiger partial charge < -0.3 is 18.6 Å². The van der Waals surface area contributed by atoms with Crippen molar-refractivity contribution in [2.75, 3.05) is 0 Å². The van der Waals surface area contributed by atoms with Crippen LogP contribution in [0.5, 0.6) is 0 Å². The molecule has 0 aliphatic rings. The molecule has 0 radical (unpaired) electrons. The summed E-state index contributed by atoms with van der Waals surface area (Å²) in [6.45, 7) is 13.4. The minimum absolute atomic E-state index is 0.0220. The molecule has 0 bridgehead atoms. The van der Waals surface area contributed by atoms with Crippen LogP contribution in [0.15, 0.2) is 0 Å². The molecule has 5 heteroatoms. The molecule has 104 valence electrons. The first-order valence-electron chi connectivity index (χ1n) is 6.50. The van der Waals surface area contributed by atoms with Gasteiger partial charge in [-0.05, 0) is 55.4 Å². The highest BCUT2D eigenvalue weighted by molar-refractivity contribution is 6.53. The fourth-order valence-corrected chi connectivity index (χ4v) is 1.53. The van der Waals surface area contributed by atoms with Crippen molar-refractivity contribution in [1.82, 2.24) is 0 Å². The van der Waals surface area contributed by atoms with Crippen LogP contribution in [-0.2, 0) is 18.6 Å². The minimum Gasteiger partial charge on any atom is -0.516 e. The molecular weight excluding hydrogens is 219 g/mol. The van der Waals surface area contributed by atoms with E-state index in [0.29, 0.717) is 0 Å². The molecule has 0 unspecified atom stereocenters. The van der Waals surface area contributed by atoms with Gasteiger partial charge in [-0.1, -0.05) is 0 Å². The molecule has 0 amide bonds. The van der Waals surface area contributed by atoms with E-state index in [1.807, 2.05) is 55.4 Å². The average molecular weight is 247 g/mol. The van der Waals surface area contributed by atoms with Gasteiger partial charge in [-0.3, -0.25) is 0 Å². The fourth-order valence-electron chi connectivity index (χ4n) is 1.53. The minimum atomic E-state index is -2.15. The Bertz CT molecular complexity index is 159. The summed E-state index contributed by atoms with van der Waals surface area (Å²) >= 11 is 0. The zero-order valence-electron chi connectivity index (χ0n) is 12.5. The molecule has 0 rings (SSSR count). The number of hydrogen-bond donors (Lipinski definition) is 0. The molecule has 0 saturated heterocycles. The molecule has 0 saturated carbocycles. The van der Waals surface area contributed by atoms with Gasteiger partial charge in [0.05, 0.1) is 0 Å². The molecule has 0 aliphatic heterocycles. The maximum Gasteiger partial charge on any atom is 0.531 e. The van der Waals surface area contributed by atoms with Crippen LogP contribution in [-0.4, -0.2) is 31.4 Å². The van der Waals surface area contributed by atoms with Crippen LogP contribution in [0.1, 0.15) is 55.4 Å². The lowest BCUT2D eigenvalue weighted by atomic mass is 10.0. The topological polar surface area (TPSA) is 36.9 Å². The Kier molecular flexibility index (Phi) is 7.32. The van der Waals surface area contributed by atoms with E-state index in [1.165, 1.54) is 0 Å². The maximum atomic E-state index is 5.77. The highest BCUT2D eigenvalue weighted by Gasteiger charge is 2.36. The number of rotatable bonds is 8. The average Bonchev–Trinajstić information content (AvgIpc) is 1.95. The third-order valence-electron chi connectivity index (χ3n) is 1.76. The molecule has 4 nitrogen and oxygen atoms in total. The fraction of sp³-hybridized carbons (Fsp3) is 1.00. The first-order chi connectivity index (χ1) is 7.67. The molecule has 0 aromatic rings. The first kappa shape index (κ1) is 16.9. The van der Waals surface area contributed by atoms with Gasteiger partial charge in [-0.15, -0.1) is 0 Å². The summed E-state index contributed by atoms with van der Waals surface area (Å²) in [6, 6.07) is 0. The van der Waals surface area contributed by atoms with Crippen molar-refractivity contribution in [3.8, 4) is 0 Å². The van der Waals surface area contributed by atoms with E-state index in [1.54, 1.807) is 0 Å². The quantitative estimate of drug-likeness (QED) is 0.617. The molecule has 0 aliphatic carbocycles. The third kappa shape index (κ3) is 7.76. The van der Waals surface area contributed by atoms with Gasteiger partial charge in [0.15, 0.2) is 0 Å². The van der Waals surface area contributed by atoms with Crippen molar-refractivity contribution in [1.29, 1.82) is 0 Å². The van der Waals surface area contributed by atoms with Crippen LogP contribution in [0.3, 0.4) is 0 Å². The molecule has 0 spiro atoms. The molecule has 0 fully saturated rings. The second kappa shape index (κ2) is 7.36. The maximum absolute atomic E-state index is 5.77. The van der Waals surface area contributed by atoms with E-state index in [0.717, 1.165) is 0 Å². The van der Waals surface area contributed by atoms with Crippen molar-refractivity contribution in [2.24, 2.45) is 0 Å². The summed E-state index contributed by atoms with van der Waals surface area (Å²) in [4.78, 5) is 0. The molecular formula is C12H28BO4-. The Labute approximate surface area is 106 Å².